The van der Waals surface area contributed by atoms with Gasteiger partial charge in [0.1, 0.15) is 6.73 Å². The number of ether oxygens (including phenoxy) is 1. The summed E-state index contributed by atoms with van der Waals surface area (Å²) in [6.45, 7) is 9.63. The van der Waals surface area contributed by atoms with Crippen molar-refractivity contribution < 1.29 is 35.4 Å². The Bertz CT molecular complexity index is 1510. The largest absolute Gasteiger partial charge is 0.392 e. The van der Waals surface area contributed by atoms with Crippen LogP contribution in [-0.2, 0) is 42.3 Å². The summed E-state index contributed by atoms with van der Waals surface area (Å²) in [6, 6.07) is 12.2. The number of benzene rings is 2. The molecule has 0 spiro atoms. The van der Waals surface area contributed by atoms with Crippen LogP contribution in [0.2, 0.25) is 25.7 Å². The van der Waals surface area contributed by atoms with Gasteiger partial charge in [0.05, 0.1) is 30.1 Å². The van der Waals surface area contributed by atoms with Gasteiger partial charge >= 0.3 is 0 Å². The maximum absolute atomic E-state index is 14.2. The highest BCUT2D eigenvalue weighted by Crippen LogP contribution is 2.35. The fourth-order valence-corrected chi connectivity index (χ4v) is 6.39. The van der Waals surface area contributed by atoms with E-state index < -0.39 is 34.8 Å². The fraction of sp³-hybridized carbons (Fsp3) is 0.423. The number of nitrogens with zero attached hydrogens (tertiary/aromatic N) is 2. The Morgan fingerprint density at radius 2 is 1.72 bits per heavy atom. The first-order valence-electron chi connectivity index (χ1n) is 12.3. The molecule has 0 aliphatic heterocycles. The van der Waals surface area contributed by atoms with Crippen LogP contribution in [0.3, 0.4) is 0 Å². The van der Waals surface area contributed by atoms with Crippen molar-refractivity contribution >= 4 is 34.1 Å². The highest BCUT2D eigenvalue weighted by atomic mass is 32.2. The van der Waals surface area contributed by atoms with Gasteiger partial charge in [-0.05, 0) is 42.6 Å². The van der Waals surface area contributed by atoms with Crippen molar-refractivity contribution in [3.63, 3.8) is 0 Å². The zero-order valence-corrected chi connectivity index (χ0v) is 25.7. The average molecular weight is 597 g/mol. The van der Waals surface area contributed by atoms with Crippen LogP contribution in [0.4, 0.5) is 5.88 Å². The fourth-order valence-electron chi connectivity index (χ4n) is 3.74. The molecule has 1 aromatic heterocycles. The van der Waals surface area contributed by atoms with Crippen LogP contribution in [0.25, 0.3) is 11.1 Å². The molecule has 1 heterocycles. The number of aliphatic hydroxyl groups excluding tert-OH is 1. The highest BCUT2D eigenvalue weighted by Gasteiger charge is 2.33. The maximum atomic E-state index is 14.2. The van der Waals surface area contributed by atoms with Crippen LogP contribution >= 0.6 is 0 Å². The molecule has 0 aliphatic rings. The third-order valence-electron chi connectivity index (χ3n) is 6.09. The highest BCUT2D eigenvalue weighted by molar-refractivity contribution is 7.93. The molecular formula is C26H36N2O8S2Si. The summed E-state index contributed by atoms with van der Waals surface area (Å²) in [7, 11) is -9.28. The Morgan fingerprint density at radius 3 is 2.31 bits per heavy atom. The van der Waals surface area contributed by atoms with Crippen molar-refractivity contribution in [2.45, 2.75) is 57.6 Å². The number of anilines is 1. The second-order valence-corrected chi connectivity index (χ2v) is 19.6. The molecule has 0 radical (unpaired) electrons. The number of hydrogen-bond acceptors (Lipinski definition) is 9. The van der Waals surface area contributed by atoms with Gasteiger partial charge in [0.25, 0.3) is 20.1 Å². The maximum Gasteiger partial charge on any atom is 0.269 e. The lowest BCUT2D eigenvalue weighted by Gasteiger charge is -2.24. The second-order valence-electron chi connectivity index (χ2n) is 10.5. The molecule has 0 fully saturated rings. The number of aliphatic hydroxyl groups is 1. The predicted octanol–water partition coefficient (Wildman–Crippen LogP) is 4.43. The smallest absolute Gasteiger partial charge is 0.269 e. The van der Waals surface area contributed by atoms with E-state index in [-0.39, 0.29) is 24.1 Å². The van der Waals surface area contributed by atoms with E-state index >= 15 is 0 Å². The Morgan fingerprint density at radius 1 is 1.03 bits per heavy atom. The monoisotopic (exact) mass is 596 g/mol. The lowest BCUT2D eigenvalue weighted by Crippen LogP contribution is -2.34. The summed E-state index contributed by atoms with van der Waals surface area (Å²) < 4.78 is 68.4. The van der Waals surface area contributed by atoms with Gasteiger partial charge in [-0.25, -0.2) is 12.7 Å². The normalized spacial score (nSPS) is 12.6. The third kappa shape index (κ3) is 7.99. The Balaban J connectivity index is 2.05. The quantitative estimate of drug-likeness (QED) is 0.131. The number of aryl methyl sites for hydroxylation is 1. The Kier molecular flexibility index (Phi) is 9.78. The van der Waals surface area contributed by atoms with Crippen molar-refractivity contribution in [1.29, 1.82) is 0 Å². The van der Waals surface area contributed by atoms with Crippen molar-refractivity contribution in [3.8, 4) is 11.1 Å². The average Bonchev–Trinajstić information content (AvgIpc) is 3.18. The molecule has 0 unspecified atom stereocenters. The zero-order chi connectivity index (χ0) is 29.0. The standard InChI is InChI=1S/C26H36N2O8S2Si/c1-19-20(2)27-36-26(19)28(18-34-13-14-39(4,5)6)38(32,33)25-10-8-7-9-24(25)23-12-11-21(15-22(23)16-29)17-35-37(3,30)31/h7-12,15,29H,13-14,16-18H2,1-6H3. The van der Waals surface area contributed by atoms with E-state index in [1.54, 1.807) is 50.2 Å². The molecule has 0 saturated heterocycles. The molecule has 10 nitrogen and oxygen atoms in total. The summed E-state index contributed by atoms with van der Waals surface area (Å²) in [4.78, 5) is -0.0120. The lowest BCUT2D eigenvalue weighted by molar-refractivity contribution is 0.153. The minimum Gasteiger partial charge on any atom is -0.392 e. The zero-order valence-electron chi connectivity index (χ0n) is 23.1. The molecule has 1 N–H and O–H groups in total. The number of hydrogen-bond donors (Lipinski definition) is 1. The molecule has 0 aliphatic carbocycles. The summed E-state index contributed by atoms with van der Waals surface area (Å²) >= 11 is 0. The van der Waals surface area contributed by atoms with E-state index in [0.717, 1.165) is 16.6 Å². The Hall–Kier alpha value is -2.55. The number of sulfonamides is 1. The molecule has 13 heteroatoms. The molecule has 0 bridgehead atoms. The van der Waals surface area contributed by atoms with Gasteiger partial charge < -0.3 is 14.4 Å². The third-order valence-corrected chi connectivity index (χ3v) is 10.1. The van der Waals surface area contributed by atoms with Gasteiger partial charge in [0.15, 0.2) is 0 Å². The van der Waals surface area contributed by atoms with Crippen LogP contribution in [0.1, 0.15) is 22.4 Å². The van der Waals surface area contributed by atoms with Crippen molar-refractivity contribution in [2.75, 3.05) is 23.9 Å². The minimum atomic E-state index is -4.22. The molecule has 214 valence electrons. The Labute approximate surface area is 231 Å². The number of rotatable bonds is 13. The SMILES string of the molecule is Cc1noc(N(COCC[Si](C)(C)C)S(=O)(=O)c2ccccc2-c2ccc(COS(C)(=O)=O)cc2CO)c1C. The summed E-state index contributed by atoms with van der Waals surface area (Å²) in [5, 5.41) is 14.0. The van der Waals surface area contributed by atoms with Crippen LogP contribution in [-0.4, -0.2) is 54.8 Å². The predicted molar refractivity (Wildman–Crippen MR) is 152 cm³/mol. The van der Waals surface area contributed by atoms with Gasteiger partial charge in [-0.2, -0.15) is 8.42 Å². The first-order valence-corrected chi connectivity index (χ1v) is 19.3. The number of aromatic nitrogens is 1. The molecule has 3 aromatic rings. The van der Waals surface area contributed by atoms with E-state index in [4.69, 9.17) is 13.4 Å². The van der Waals surface area contributed by atoms with Gasteiger partial charge in [-0.15, -0.1) is 0 Å². The molecule has 0 saturated carbocycles. The van der Waals surface area contributed by atoms with E-state index in [0.29, 0.717) is 40.1 Å². The van der Waals surface area contributed by atoms with Crippen LogP contribution in [0.5, 0.6) is 0 Å². The first kappa shape index (κ1) is 31.0. The minimum absolute atomic E-state index is 0.0120. The van der Waals surface area contributed by atoms with Gasteiger partial charge in [-0.3, -0.25) is 4.18 Å². The molecule has 0 amide bonds. The molecular weight excluding hydrogens is 561 g/mol. The summed E-state index contributed by atoms with van der Waals surface area (Å²) in [5.41, 5.74) is 2.91. The van der Waals surface area contributed by atoms with Gasteiger partial charge in [0.2, 0.25) is 5.88 Å². The van der Waals surface area contributed by atoms with Gasteiger partial charge in [-0.1, -0.05) is 61.2 Å². The van der Waals surface area contributed by atoms with Crippen molar-refractivity contribution in [2.24, 2.45) is 0 Å². The molecule has 0 atom stereocenters. The van der Waals surface area contributed by atoms with Crippen molar-refractivity contribution in [3.05, 3.63) is 64.8 Å². The second kappa shape index (κ2) is 12.3. The van der Waals surface area contributed by atoms with Crippen LogP contribution < -0.4 is 4.31 Å². The van der Waals surface area contributed by atoms with Crippen molar-refractivity contribution in [1.82, 2.24) is 5.16 Å². The van der Waals surface area contributed by atoms with Gasteiger partial charge in [0, 0.05) is 25.8 Å². The molecule has 3 rings (SSSR count). The lowest BCUT2D eigenvalue weighted by atomic mass is 9.98. The van der Waals surface area contributed by atoms with E-state index in [9.17, 15) is 21.9 Å². The molecule has 39 heavy (non-hydrogen) atoms. The summed E-state index contributed by atoms with van der Waals surface area (Å²) in [6.07, 6.45) is 0.952. The first-order chi connectivity index (χ1) is 18.1. The van der Waals surface area contributed by atoms with E-state index in [1.807, 2.05) is 0 Å². The van der Waals surface area contributed by atoms with Crippen LogP contribution in [0.15, 0.2) is 51.9 Å². The van der Waals surface area contributed by atoms with Crippen LogP contribution in [0, 0.1) is 13.8 Å². The van der Waals surface area contributed by atoms with E-state index in [1.165, 1.54) is 6.07 Å². The topological polar surface area (TPSA) is 136 Å². The molecule has 2 aromatic carbocycles. The van der Waals surface area contributed by atoms with E-state index in [2.05, 4.69) is 24.8 Å². The summed E-state index contributed by atoms with van der Waals surface area (Å²) in [5.74, 6) is 0.0750.